The largest absolute Gasteiger partial charge is 0.312 e. The molecule has 0 bridgehead atoms. The van der Waals surface area contributed by atoms with E-state index >= 15 is 0 Å². The lowest BCUT2D eigenvalue weighted by atomic mass is 10.1. The molecule has 0 aliphatic heterocycles. The van der Waals surface area contributed by atoms with Crippen molar-refractivity contribution in [1.29, 1.82) is 0 Å². The first-order chi connectivity index (χ1) is 10.1. The first-order valence-corrected chi connectivity index (χ1v) is 8.97. The highest BCUT2D eigenvalue weighted by Crippen LogP contribution is 2.18. The summed E-state index contributed by atoms with van der Waals surface area (Å²) in [6.07, 6.45) is 3.11. The van der Waals surface area contributed by atoms with Gasteiger partial charge >= 0.3 is 0 Å². The summed E-state index contributed by atoms with van der Waals surface area (Å²) in [6, 6.07) is 7.74. The number of nitrogens with zero attached hydrogens (tertiary/aromatic N) is 2. The summed E-state index contributed by atoms with van der Waals surface area (Å²) in [5.41, 5.74) is 2.58. The van der Waals surface area contributed by atoms with Crippen LogP contribution in [0.2, 0.25) is 0 Å². The number of hydrogen-bond donors (Lipinski definition) is 1. The second-order valence-corrected chi connectivity index (χ2v) is 7.48. The number of benzene rings is 1. The fourth-order valence-corrected chi connectivity index (χ4v) is 3.13. The van der Waals surface area contributed by atoms with Gasteiger partial charge < -0.3 is 5.32 Å². The zero-order valence-corrected chi connectivity index (χ0v) is 13.2. The minimum absolute atomic E-state index is 0.0224. The van der Waals surface area contributed by atoms with Crippen molar-refractivity contribution in [2.24, 2.45) is 0 Å². The standard InChI is InChI=1S/C15H21N3O2S/c1-3-21(19,20)10-6-9-12(16-2)15-11-17-13-7-4-5-8-14(13)18-15/h4-5,7-8,11-12,16H,3,6,9-10H2,1-2H3. The van der Waals surface area contributed by atoms with Gasteiger partial charge in [0.2, 0.25) is 0 Å². The molecule has 0 aliphatic carbocycles. The monoisotopic (exact) mass is 307 g/mol. The average Bonchev–Trinajstić information content (AvgIpc) is 2.51. The molecule has 0 saturated heterocycles. The van der Waals surface area contributed by atoms with Crippen LogP contribution in [0.15, 0.2) is 30.5 Å². The van der Waals surface area contributed by atoms with Crippen molar-refractivity contribution in [2.45, 2.75) is 25.8 Å². The molecule has 2 rings (SSSR count). The van der Waals surface area contributed by atoms with Gasteiger partial charge in [0, 0.05) is 5.75 Å². The van der Waals surface area contributed by atoms with E-state index in [9.17, 15) is 8.42 Å². The molecule has 0 radical (unpaired) electrons. The molecule has 6 heteroatoms. The zero-order chi connectivity index (χ0) is 15.3. The summed E-state index contributed by atoms with van der Waals surface area (Å²) >= 11 is 0. The topological polar surface area (TPSA) is 72.0 Å². The van der Waals surface area contributed by atoms with Crippen molar-refractivity contribution in [3.8, 4) is 0 Å². The van der Waals surface area contributed by atoms with Crippen LogP contribution in [-0.4, -0.2) is 36.9 Å². The molecule has 0 amide bonds. The summed E-state index contributed by atoms with van der Waals surface area (Å²) in [7, 11) is -1.05. The molecule has 0 aliphatic rings. The van der Waals surface area contributed by atoms with Crippen LogP contribution in [0.4, 0.5) is 0 Å². The first-order valence-electron chi connectivity index (χ1n) is 7.15. The van der Waals surface area contributed by atoms with Gasteiger partial charge in [-0.25, -0.2) is 13.4 Å². The predicted octanol–water partition coefficient (Wildman–Crippen LogP) is 2.11. The minimum atomic E-state index is -2.90. The van der Waals surface area contributed by atoms with Crippen molar-refractivity contribution >= 4 is 20.9 Å². The normalized spacial score (nSPS) is 13.4. The van der Waals surface area contributed by atoms with E-state index < -0.39 is 9.84 Å². The highest BCUT2D eigenvalue weighted by molar-refractivity contribution is 7.91. The molecule has 5 nitrogen and oxygen atoms in total. The maximum absolute atomic E-state index is 11.5. The highest BCUT2D eigenvalue weighted by atomic mass is 32.2. The highest BCUT2D eigenvalue weighted by Gasteiger charge is 2.14. The van der Waals surface area contributed by atoms with E-state index in [2.05, 4.69) is 15.3 Å². The van der Waals surface area contributed by atoms with E-state index in [1.165, 1.54) is 0 Å². The molecule has 1 atom stereocenters. The Bertz CT molecular complexity index is 701. The Morgan fingerprint density at radius 1 is 1.24 bits per heavy atom. The number of sulfone groups is 1. The van der Waals surface area contributed by atoms with Gasteiger partial charge in [-0.3, -0.25) is 4.98 Å². The average molecular weight is 307 g/mol. The van der Waals surface area contributed by atoms with Crippen molar-refractivity contribution < 1.29 is 8.42 Å². The number of rotatable bonds is 7. The van der Waals surface area contributed by atoms with Gasteiger partial charge in [0.05, 0.1) is 34.7 Å². The maximum atomic E-state index is 11.5. The van der Waals surface area contributed by atoms with E-state index in [4.69, 9.17) is 0 Å². The summed E-state index contributed by atoms with van der Waals surface area (Å²) in [5.74, 6) is 0.426. The van der Waals surface area contributed by atoms with Crippen LogP contribution in [0.5, 0.6) is 0 Å². The first kappa shape index (κ1) is 15.9. The van der Waals surface area contributed by atoms with E-state index in [1.807, 2.05) is 31.3 Å². The number of nitrogens with one attached hydrogen (secondary N) is 1. The lowest BCUT2D eigenvalue weighted by molar-refractivity contribution is 0.524. The van der Waals surface area contributed by atoms with Crippen molar-refractivity contribution in [3.05, 3.63) is 36.2 Å². The second kappa shape index (κ2) is 6.95. The Morgan fingerprint density at radius 2 is 1.95 bits per heavy atom. The molecule has 1 aromatic heterocycles. The predicted molar refractivity (Wildman–Crippen MR) is 84.9 cm³/mol. The lowest BCUT2D eigenvalue weighted by Crippen LogP contribution is -2.19. The fraction of sp³-hybridized carbons (Fsp3) is 0.467. The van der Waals surface area contributed by atoms with Gasteiger partial charge in [-0.15, -0.1) is 0 Å². The Balaban J connectivity index is 2.08. The van der Waals surface area contributed by atoms with Crippen LogP contribution in [0.1, 0.15) is 31.5 Å². The van der Waals surface area contributed by atoms with Gasteiger partial charge in [-0.2, -0.15) is 0 Å². The molecule has 0 fully saturated rings. The smallest absolute Gasteiger partial charge is 0.150 e. The van der Waals surface area contributed by atoms with Crippen LogP contribution < -0.4 is 5.32 Å². The molecule has 0 spiro atoms. The van der Waals surface area contributed by atoms with Crippen LogP contribution in [0.3, 0.4) is 0 Å². The molecule has 114 valence electrons. The van der Waals surface area contributed by atoms with Gasteiger partial charge in [-0.05, 0) is 32.0 Å². The third-order valence-corrected chi connectivity index (χ3v) is 5.35. The zero-order valence-electron chi connectivity index (χ0n) is 12.4. The van der Waals surface area contributed by atoms with Gasteiger partial charge in [0.15, 0.2) is 0 Å². The second-order valence-electron chi connectivity index (χ2n) is 5.00. The number of fused-ring (bicyclic) bond motifs is 1. The van der Waals surface area contributed by atoms with Gasteiger partial charge in [-0.1, -0.05) is 19.1 Å². The van der Waals surface area contributed by atoms with Gasteiger partial charge in [0.1, 0.15) is 9.84 Å². The van der Waals surface area contributed by atoms with Crippen LogP contribution in [-0.2, 0) is 9.84 Å². The van der Waals surface area contributed by atoms with Crippen molar-refractivity contribution in [1.82, 2.24) is 15.3 Å². The van der Waals surface area contributed by atoms with Crippen molar-refractivity contribution in [3.63, 3.8) is 0 Å². The molecule has 1 N–H and O–H groups in total. The maximum Gasteiger partial charge on any atom is 0.150 e. The minimum Gasteiger partial charge on any atom is -0.312 e. The SMILES string of the molecule is CCS(=O)(=O)CCCC(NC)c1cnc2ccccc2n1. The molecular formula is C15H21N3O2S. The summed E-state index contributed by atoms with van der Waals surface area (Å²) in [5, 5.41) is 3.19. The molecule has 0 saturated carbocycles. The molecule has 1 heterocycles. The van der Waals surface area contributed by atoms with Gasteiger partial charge in [0.25, 0.3) is 0 Å². The fourth-order valence-electron chi connectivity index (χ4n) is 2.23. The Morgan fingerprint density at radius 3 is 2.62 bits per heavy atom. The molecule has 1 aromatic carbocycles. The van der Waals surface area contributed by atoms with E-state index in [0.717, 1.165) is 23.1 Å². The number of hydrogen-bond acceptors (Lipinski definition) is 5. The third kappa shape index (κ3) is 4.22. The Kier molecular flexibility index (Phi) is 5.25. The molecular weight excluding hydrogens is 286 g/mol. The van der Waals surface area contributed by atoms with E-state index in [-0.39, 0.29) is 17.5 Å². The molecule has 2 aromatic rings. The Hall–Kier alpha value is -1.53. The van der Waals surface area contributed by atoms with Crippen LogP contribution in [0.25, 0.3) is 11.0 Å². The molecule has 21 heavy (non-hydrogen) atoms. The lowest BCUT2D eigenvalue weighted by Gasteiger charge is -2.15. The number of aromatic nitrogens is 2. The van der Waals surface area contributed by atoms with E-state index in [0.29, 0.717) is 6.42 Å². The summed E-state index contributed by atoms with van der Waals surface area (Å²) in [4.78, 5) is 9.01. The van der Waals surface area contributed by atoms with Crippen LogP contribution in [0, 0.1) is 0 Å². The molecule has 1 unspecified atom stereocenters. The van der Waals surface area contributed by atoms with Crippen LogP contribution >= 0.6 is 0 Å². The third-order valence-electron chi connectivity index (χ3n) is 3.56. The number of para-hydroxylation sites is 2. The quantitative estimate of drug-likeness (QED) is 0.848. The summed E-state index contributed by atoms with van der Waals surface area (Å²) in [6.45, 7) is 1.68. The summed E-state index contributed by atoms with van der Waals surface area (Å²) < 4.78 is 23.1. The van der Waals surface area contributed by atoms with E-state index in [1.54, 1.807) is 13.1 Å². The van der Waals surface area contributed by atoms with Crippen molar-refractivity contribution in [2.75, 3.05) is 18.6 Å². The Labute approximate surface area is 125 Å².